The highest BCUT2D eigenvalue weighted by molar-refractivity contribution is 5.91. The first-order chi connectivity index (χ1) is 14.7. The first-order valence-corrected chi connectivity index (χ1v) is 8.58. The van der Waals surface area contributed by atoms with Crippen molar-refractivity contribution in [3.63, 3.8) is 0 Å². The van der Waals surface area contributed by atoms with E-state index in [2.05, 4.69) is 0 Å². The van der Waals surface area contributed by atoms with E-state index in [1.807, 2.05) is 0 Å². The van der Waals surface area contributed by atoms with Crippen LogP contribution in [0.5, 0.6) is 11.5 Å². The molecule has 3 aromatic carbocycles. The molecule has 3 aromatic rings. The first-order valence-electron chi connectivity index (χ1n) is 8.58. The molecule has 0 aliphatic carbocycles. The fraction of sp³-hybridized carbons (Fsp3) is 0. The Morgan fingerprint density at radius 3 is 0.806 bits per heavy atom. The molecule has 158 valence electrons. The molecule has 4 N–H and O–H groups in total. The lowest BCUT2D eigenvalue weighted by atomic mass is 10.1. The number of carboxylic acids is 4. The molecule has 0 aromatic heterocycles. The molecule has 0 atom stereocenters. The molecular formula is C22H16O9. The van der Waals surface area contributed by atoms with Gasteiger partial charge in [-0.25, -0.2) is 19.2 Å². The minimum Gasteiger partial charge on any atom is -0.478 e. The van der Waals surface area contributed by atoms with E-state index in [1.165, 1.54) is 72.8 Å². The Labute approximate surface area is 175 Å². The second kappa shape index (κ2) is 10.2. The van der Waals surface area contributed by atoms with E-state index in [9.17, 15) is 19.2 Å². The van der Waals surface area contributed by atoms with Crippen LogP contribution in [0.15, 0.2) is 72.8 Å². The number of benzene rings is 3. The molecule has 0 unspecified atom stereocenters. The summed E-state index contributed by atoms with van der Waals surface area (Å²) in [5.41, 5.74) is 0.516. The molecule has 0 fully saturated rings. The zero-order chi connectivity index (χ0) is 23.0. The van der Waals surface area contributed by atoms with Crippen molar-refractivity contribution in [1.82, 2.24) is 0 Å². The van der Waals surface area contributed by atoms with Gasteiger partial charge < -0.3 is 25.2 Å². The highest BCUT2D eigenvalue weighted by Crippen LogP contribution is 2.22. The number of rotatable bonds is 6. The molecule has 0 saturated heterocycles. The maximum absolute atomic E-state index is 10.7. The molecule has 3 rings (SSSR count). The summed E-state index contributed by atoms with van der Waals surface area (Å²) in [6, 6.07) is 16.9. The number of ether oxygens (including phenoxy) is 1. The average Bonchev–Trinajstić information content (AvgIpc) is 2.75. The molecule has 0 radical (unpaired) electrons. The van der Waals surface area contributed by atoms with Gasteiger partial charge in [0.25, 0.3) is 0 Å². The third-order valence-corrected chi connectivity index (χ3v) is 3.82. The van der Waals surface area contributed by atoms with Gasteiger partial charge in [0.2, 0.25) is 0 Å². The van der Waals surface area contributed by atoms with Crippen molar-refractivity contribution < 1.29 is 44.3 Å². The molecule has 0 aliphatic rings. The number of carbonyl (C=O) groups is 4. The van der Waals surface area contributed by atoms with Crippen molar-refractivity contribution in [2.45, 2.75) is 0 Å². The second-order valence-corrected chi connectivity index (χ2v) is 5.95. The molecule has 31 heavy (non-hydrogen) atoms. The van der Waals surface area contributed by atoms with Gasteiger partial charge in [-0.2, -0.15) is 0 Å². The van der Waals surface area contributed by atoms with Crippen LogP contribution in [0.1, 0.15) is 41.4 Å². The quantitative estimate of drug-likeness (QED) is 0.459. The van der Waals surface area contributed by atoms with Crippen LogP contribution in [0.2, 0.25) is 0 Å². The number of hydrogen-bond acceptors (Lipinski definition) is 5. The Hall–Kier alpha value is -4.66. The van der Waals surface area contributed by atoms with Gasteiger partial charge in [0.15, 0.2) is 0 Å². The molecule has 0 spiro atoms. The van der Waals surface area contributed by atoms with Gasteiger partial charge >= 0.3 is 23.9 Å². The van der Waals surface area contributed by atoms with E-state index in [-0.39, 0.29) is 22.3 Å². The van der Waals surface area contributed by atoms with Crippen molar-refractivity contribution in [1.29, 1.82) is 0 Å². The molecule has 0 heterocycles. The van der Waals surface area contributed by atoms with Crippen LogP contribution in [-0.2, 0) is 0 Å². The van der Waals surface area contributed by atoms with Crippen molar-refractivity contribution in [2.24, 2.45) is 0 Å². The van der Waals surface area contributed by atoms with Crippen molar-refractivity contribution >= 4 is 23.9 Å². The minimum absolute atomic E-state index is 0.0833. The maximum atomic E-state index is 10.7. The lowest BCUT2D eigenvalue weighted by Crippen LogP contribution is -1.99. The predicted molar refractivity (Wildman–Crippen MR) is 107 cm³/mol. The van der Waals surface area contributed by atoms with Crippen LogP contribution in [0.25, 0.3) is 0 Å². The van der Waals surface area contributed by atoms with E-state index in [1.54, 1.807) is 0 Å². The predicted octanol–water partition coefficient (Wildman–Crippen LogP) is 3.96. The van der Waals surface area contributed by atoms with Crippen LogP contribution in [-0.4, -0.2) is 44.3 Å². The van der Waals surface area contributed by atoms with Gasteiger partial charge in [0.05, 0.1) is 22.3 Å². The average molecular weight is 424 g/mol. The van der Waals surface area contributed by atoms with Gasteiger partial charge in [-0.3, -0.25) is 0 Å². The van der Waals surface area contributed by atoms with E-state index >= 15 is 0 Å². The highest BCUT2D eigenvalue weighted by atomic mass is 16.5. The fourth-order valence-corrected chi connectivity index (χ4v) is 2.22. The summed E-state index contributed by atoms with van der Waals surface area (Å²) in [6.45, 7) is 0. The highest BCUT2D eigenvalue weighted by Gasteiger charge is 2.06. The molecule has 0 aliphatic heterocycles. The fourth-order valence-electron chi connectivity index (χ4n) is 2.22. The summed E-state index contributed by atoms with van der Waals surface area (Å²) in [4.78, 5) is 42.0. The Bertz CT molecular complexity index is 995. The zero-order valence-corrected chi connectivity index (χ0v) is 15.8. The molecule has 0 bridgehead atoms. The van der Waals surface area contributed by atoms with Gasteiger partial charge in [0.1, 0.15) is 11.5 Å². The van der Waals surface area contributed by atoms with Gasteiger partial charge in [-0.15, -0.1) is 0 Å². The van der Waals surface area contributed by atoms with Crippen LogP contribution in [0, 0.1) is 0 Å². The smallest absolute Gasteiger partial charge is 0.335 e. The van der Waals surface area contributed by atoms with Crippen LogP contribution >= 0.6 is 0 Å². The summed E-state index contributed by atoms with van der Waals surface area (Å²) in [5, 5.41) is 34.4. The summed E-state index contributed by atoms with van der Waals surface area (Å²) in [7, 11) is 0. The molecular weight excluding hydrogens is 408 g/mol. The lowest BCUT2D eigenvalue weighted by molar-refractivity contribution is 0.0681. The van der Waals surface area contributed by atoms with Crippen molar-refractivity contribution in [2.75, 3.05) is 0 Å². The van der Waals surface area contributed by atoms with Crippen LogP contribution < -0.4 is 4.74 Å². The second-order valence-electron chi connectivity index (χ2n) is 5.95. The molecule has 9 nitrogen and oxygen atoms in total. The van der Waals surface area contributed by atoms with Crippen molar-refractivity contribution in [3.8, 4) is 11.5 Å². The van der Waals surface area contributed by atoms with Crippen LogP contribution in [0.3, 0.4) is 0 Å². The zero-order valence-electron chi connectivity index (χ0n) is 15.8. The molecule has 0 amide bonds. The van der Waals surface area contributed by atoms with Gasteiger partial charge in [-0.05, 0) is 72.8 Å². The summed E-state index contributed by atoms with van der Waals surface area (Å²) in [6.07, 6.45) is 0. The number of carboxylic acid groups (broad SMARTS) is 4. The van der Waals surface area contributed by atoms with Crippen LogP contribution in [0.4, 0.5) is 0 Å². The van der Waals surface area contributed by atoms with Crippen molar-refractivity contribution in [3.05, 3.63) is 95.1 Å². The van der Waals surface area contributed by atoms with Gasteiger partial charge in [0, 0.05) is 0 Å². The topological polar surface area (TPSA) is 158 Å². The van der Waals surface area contributed by atoms with E-state index in [0.29, 0.717) is 11.5 Å². The SMILES string of the molecule is O=C(O)c1ccc(C(=O)O)cc1.O=C(O)c1ccc(Oc2ccc(C(=O)O)cc2)cc1. The third kappa shape index (κ3) is 6.71. The minimum atomic E-state index is -1.06. The standard InChI is InChI=1S/C14H10O5.C8H6O4/c15-13(16)9-1-5-11(6-2-9)19-12-7-3-10(4-8-12)14(17)18;9-7(10)5-1-2-6(4-3-5)8(11)12/h1-8H,(H,15,16)(H,17,18);1-4H,(H,9,10)(H,11,12). The number of hydrogen-bond donors (Lipinski definition) is 4. The summed E-state index contributed by atoms with van der Waals surface area (Å²) < 4.78 is 5.46. The third-order valence-electron chi connectivity index (χ3n) is 3.82. The Kier molecular flexibility index (Phi) is 7.45. The normalized spacial score (nSPS) is 9.68. The van der Waals surface area contributed by atoms with Gasteiger partial charge in [-0.1, -0.05) is 0 Å². The summed E-state index contributed by atoms with van der Waals surface area (Å²) >= 11 is 0. The Morgan fingerprint density at radius 1 is 0.419 bits per heavy atom. The number of aromatic carboxylic acids is 4. The lowest BCUT2D eigenvalue weighted by Gasteiger charge is -2.06. The van der Waals surface area contributed by atoms with E-state index in [4.69, 9.17) is 25.2 Å². The largest absolute Gasteiger partial charge is 0.478 e. The Balaban J connectivity index is 0.000000245. The first kappa shape index (κ1) is 22.6. The summed E-state index contributed by atoms with van der Waals surface area (Å²) in [5.74, 6) is -3.17. The monoisotopic (exact) mass is 424 g/mol. The Morgan fingerprint density at radius 2 is 0.613 bits per heavy atom. The van der Waals surface area contributed by atoms with E-state index < -0.39 is 23.9 Å². The maximum Gasteiger partial charge on any atom is 0.335 e. The van der Waals surface area contributed by atoms with E-state index in [0.717, 1.165) is 0 Å². The molecule has 9 heteroatoms. The molecule has 0 saturated carbocycles.